The van der Waals surface area contributed by atoms with E-state index in [1.807, 2.05) is 17.9 Å². The van der Waals surface area contributed by atoms with E-state index in [0.717, 1.165) is 18.4 Å². The van der Waals surface area contributed by atoms with Crippen LogP contribution >= 0.6 is 0 Å². The standard InChI is InChI=1S/C12H20N4/c1-15-12(2-4-14-15)9-16-5-3-10-6-13-7-11(10)8-16/h2,4,10-11,13H,3,5-9H2,1H3. The first-order valence-corrected chi connectivity index (χ1v) is 6.23. The maximum atomic E-state index is 4.23. The van der Waals surface area contributed by atoms with Crippen LogP contribution in [-0.4, -0.2) is 40.9 Å². The minimum atomic E-state index is 0.877. The lowest BCUT2D eigenvalue weighted by Crippen LogP contribution is -2.39. The van der Waals surface area contributed by atoms with Crippen LogP contribution in [0.25, 0.3) is 0 Å². The molecule has 0 amide bonds. The summed E-state index contributed by atoms with van der Waals surface area (Å²) in [5.74, 6) is 1.81. The van der Waals surface area contributed by atoms with E-state index in [2.05, 4.69) is 21.4 Å². The highest BCUT2D eigenvalue weighted by atomic mass is 15.3. The largest absolute Gasteiger partial charge is 0.316 e. The van der Waals surface area contributed by atoms with Crippen LogP contribution in [0.2, 0.25) is 0 Å². The van der Waals surface area contributed by atoms with Crippen molar-refractivity contribution in [3.8, 4) is 0 Å². The van der Waals surface area contributed by atoms with Crippen LogP contribution in [0.4, 0.5) is 0 Å². The molecule has 1 aromatic heterocycles. The van der Waals surface area contributed by atoms with Gasteiger partial charge in [0.25, 0.3) is 0 Å². The molecule has 1 N–H and O–H groups in total. The number of aromatic nitrogens is 2. The van der Waals surface area contributed by atoms with Gasteiger partial charge in [-0.25, -0.2) is 0 Å². The fourth-order valence-corrected chi connectivity index (χ4v) is 3.04. The average Bonchev–Trinajstić information content (AvgIpc) is 2.88. The average molecular weight is 220 g/mol. The van der Waals surface area contributed by atoms with Gasteiger partial charge in [-0.15, -0.1) is 0 Å². The number of nitrogens with one attached hydrogen (secondary N) is 1. The van der Waals surface area contributed by atoms with Gasteiger partial charge in [0.1, 0.15) is 0 Å². The molecule has 3 heterocycles. The molecule has 0 saturated carbocycles. The Morgan fingerprint density at radius 2 is 2.31 bits per heavy atom. The van der Waals surface area contributed by atoms with E-state index in [1.165, 1.54) is 38.3 Å². The Hall–Kier alpha value is -0.870. The summed E-state index contributed by atoms with van der Waals surface area (Å²) in [5.41, 5.74) is 1.32. The van der Waals surface area contributed by atoms with E-state index in [4.69, 9.17) is 0 Å². The molecule has 0 aromatic carbocycles. The fraction of sp³-hybridized carbons (Fsp3) is 0.750. The van der Waals surface area contributed by atoms with E-state index in [0.29, 0.717) is 0 Å². The molecule has 4 heteroatoms. The Balaban J connectivity index is 1.62. The van der Waals surface area contributed by atoms with Gasteiger partial charge in [-0.05, 0) is 44.0 Å². The first-order valence-electron chi connectivity index (χ1n) is 6.23. The van der Waals surface area contributed by atoms with Crippen molar-refractivity contribution in [1.82, 2.24) is 20.0 Å². The van der Waals surface area contributed by atoms with Crippen LogP contribution in [0.5, 0.6) is 0 Å². The molecule has 0 radical (unpaired) electrons. The van der Waals surface area contributed by atoms with Gasteiger partial charge < -0.3 is 5.32 Å². The predicted octanol–water partition coefficient (Wildman–Crippen LogP) is 0.461. The van der Waals surface area contributed by atoms with Gasteiger partial charge in [-0.3, -0.25) is 9.58 Å². The maximum Gasteiger partial charge on any atom is 0.0521 e. The smallest absolute Gasteiger partial charge is 0.0521 e. The Morgan fingerprint density at radius 1 is 1.44 bits per heavy atom. The lowest BCUT2D eigenvalue weighted by molar-refractivity contribution is 0.139. The zero-order valence-corrected chi connectivity index (χ0v) is 9.89. The van der Waals surface area contributed by atoms with Crippen LogP contribution in [0, 0.1) is 11.8 Å². The second kappa shape index (κ2) is 4.18. The summed E-state index contributed by atoms with van der Waals surface area (Å²) in [5, 5.41) is 7.74. The lowest BCUT2D eigenvalue weighted by atomic mass is 9.89. The topological polar surface area (TPSA) is 33.1 Å². The molecule has 2 fully saturated rings. The predicted molar refractivity (Wildman–Crippen MR) is 63.0 cm³/mol. The van der Waals surface area contributed by atoms with Gasteiger partial charge in [-0.1, -0.05) is 0 Å². The van der Waals surface area contributed by atoms with Gasteiger partial charge >= 0.3 is 0 Å². The van der Waals surface area contributed by atoms with Crippen molar-refractivity contribution in [2.75, 3.05) is 26.2 Å². The van der Waals surface area contributed by atoms with E-state index < -0.39 is 0 Å². The van der Waals surface area contributed by atoms with Gasteiger partial charge in [0.15, 0.2) is 0 Å². The zero-order valence-electron chi connectivity index (χ0n) is 9.89. The molecule has 88 valence electrons. The van der Waals surface area contributed by atoms with Crippen molar-refractivity contribution in [3.63, 3.8) is 0 Å². The Labute approximate surface area is 96.6 Å². The summed E-state index contributed by atoms with van der Waals surface area (Å²) in [6.07, 6.45) is 3.24. The number of rotatable bonds is 2. The Kier molecular flexibility index (Phi) is 2.69. The number of aryl methyl sites for hydroxylation is 1. The second-order valence-corrected chi connectivity index (χ2v) is 5.15. The highest BCUT2D eigenvalue weighted by Gasteiger charge is 2.32. The normalized spacial score (nSPS) is 30.6. The number of nitrogens with zero attached hydrogens (tertiary/aromatic N) is 3. The number of fused-ring (bicyclic) bond motifs is 1. The summed E-state index contributed by atoms with van der Waals surface area (Å²) in [7, 11) is 2.03. The quantitative estimate of drug-likeness (QED) is 0.786. The summed E-state index contributed by atoms with van der Waals surface area (Å²) in [4.78, 5) is 2.57. The monoisotopic (exact) mass is 220 g/mol. The molecule has 3 rings (SSSR count). The van der Waals surface area contributed by atoms with Crippen molar-refractivity contribution >= 4 is 0 Å². The molecule has 2 unspecified atom stereocenters. The van der Waals surface area contributed by atoms with Gasteiger partial charge in [-0.2, -0.15) is 5.10 Å². The SMILES string of the molecule is Cn1nccc1CN1CCC2CNCC2C1. The minimum absolute atomic E-state index is 0.877. The third-order valence-electron chi connectivity index (χ3n) is 4.10. The number of hydrogen-bond donors (Lipinski definition) is 1. The Bertz CT molecular complexity index is 360. The molecule has 2 saturated heterocycles. The summed E-state index contributed by atoms with van der Waals surface area (Å²) >= 11 is 0. The third kappa shape index (κ3) is 1.87. The minimum Gasteiger partial charge on any atom is -0.316 e. The Morgan fingerprint density at radius 3 is 3.12 bits per heavy atom. The third-order valence-corrected chi connectivity index (χ3v) is 4.10. The first kappa shape index (κ1) is 10.3. The summed E-state index contributed by atoms with van der Waals surface area (Å²) < 4.78 is 1.99. The van der Waals surface area contributed by atoms with Crippen molar-refractivity contribution < 1.29 is 0 Å². The molecule has 0 spiro atoms. The van der Waals surface area contributed by atoms with Crippen LogP contribution in [0.1, 0.15) is 12.1 Å². The molecular formula is C12H20N4. The van der Waals surface area contributed by atoms with Gasteiger partial charge in [0.05, 0.1) is 5.69 Å². The van der Waals surface area contributed by atoms with Gasteiger partial charge in [0.2, 0.25) is 0 Å². The van der Waals surface area contributed by atoms with Crippen molar-refractivity contribution in [3.05, 3.63) is 18.0 Å². The fourth-order valence-electron chi connectivity index (χ4n) is 3.04. The van der Waals surface area contributed by atoms with Crippen molar-refractivity contribution in [2.45, 2.75) is 13.0 Å². The van der Waals surface area contributed by atoms with Crippen LogP contribution in [0.15, 0.2) is 12.3 Å². The molecule has 4 nitrogen and oxygen atoms in total. The maximum absolute atomic E-state index is 4.23. The molecule has 2 atom stereocenters. The molecule has 2 aliphatic heterocycles. The number of hydrogen-bond acceptors (Lipinski definition) is 3. The molecular weight excluding hydrogens is 200 g/mol. The highest BCUT2D eigenvalue weighted by molar-refractivity contribution is 5.00. The van der Waals surface area contributed by atoms with Crippen LogP contribution in [0.3, 0.4) is 0 Å². The second-order valence-electron chi connectivity index (χ2n) is 5.15. The van der Waals surface area contributed by atoms with Gasteiger partial charge in [0, 0.05) is 26.3 Å². The molecule has 0 aliphatic carbocycles. The summed E-state index contributed by atoms with van der Waals surface area (Å²) in [6.45, 7) is 6.01. The highest BCUT2D eigenvalue weighted by Crippen LogP contribution is 2.27. The van der Waals surface area contributed by atoms with E-state index >= 15 is 0 Å². The molecule has 1 aromatic rings. The van der Waals surface area contributed by atoms with Crippen LogP contribution < -0.4 is 5.32 Å². The summed E-state index contributed by atoms with van der Waals surface area (Å²) in [6, 6.07) is 2.12. The zero-order chi connectivity index (χ0) is 11.0. The first-order chi connectivity index (χ1) is 7.83. The van der Waals surface area contributed by atoms with E-state index in [9.17, 15) is 0 Å². The lowest BCUT2D eigenvalue weighted by Gasteiger charge is -2.34. The van der Waals surface area contributed by atoms with Crippen molar-refractivity contribution in [1.29, 1.82) is 0 Å². The molecule has 16 heavy (non-hydrogen) atoms. The number of likely N-dealkylation sites (tertiary alicyclic amines) is 1. The molecule has 0 bridgehead atoms. The van der Waals surface area contributed by atoms with Crippen molar-refractivity contribution in [2.24, 2.45) is 18.9 Å². The van der Waals surface area contributed by atoms with Crippen LogP contribution in [-0.2, 0) is 13.6 Å². The number of piperidine rings is 1. The molecule has 2 aliphatic rings. The van der Waals surface area contributed by atoms with E-state index in [1.54, 1.807) is 0 Å². The van der Waals surface area contributed by atoms with E-state index in [-0.39, 0.29) is 0 Å².